The molecule has 1 aliphatic heterocycles. The zero-order valence-corrected chi connectivity index (χ0v) is 22.3. The molecule has 198 valence electrons. The first-order chi connectivity index (χ1) is 18.2. The van der Waals surface area contributed by atoms with Crippen LogP contribution in [0.4, 0.5) is 28.8 Å². The lowest BCUT2D eigenvalue weighted by atomic mass is 10.1. The second-order valence-corrected chi connectivity index (χ2v) is 11.0. The quantitative estimate of drug-likeness (QED) is 0.265. The van der Waals surface area contributed by atoms with E-state index in [1.54, 1.807) is 24.3 Å². The molecule has 2 aromatic carbocycles. The molecule has 0 spiro atoms. The number of carbonyl (C=O) groups excluding carboxylic acids is 1. The zero-order valence-electron chi connectivity index (χ0n) is 20.7. The number of hydrogen-bond acceptors (Lipinski definition) is 8. The van der Waals surface area contributed by atoms with Crippen molar-refractivity contribution in [2.45, 2.75) is 6.92 Å². The summed E-state index contributed by atoms with van der Waals surface area (Å²) in [4.78, 5) is 27.0. The summed E-state index contributed by atoms with van der Waals surface area (Å²) in [6, 6.07) is 12.4. The van der Waals surface area contributed by atoms with E-state index in [4.69, 9.17) is 16.3 Å². The van der Waals surface area contributed by atoms with Gasteiger partial charge in [0.25, 0.3) is 5.91 Å². The Hall–Kier alpha value is -3.87. The molecule has 4 N–H and O–H groups in total. The van der Waals surface area contributed by atoms with Crippen LogP contribution in [-0.2, 0) is 14.8 Å². The van der Waals surface area contributed by atoms with Crippen molar-refractivity contribution in [1.82, 2.24) is 19.9 Å². The highest BCUT2D eigenvalue weighted by molar-refractivity contribution is 7.92. The number of carbonyl (C=O) groups is 1. The number of H-pyrrole nitrogens is 1. The van der Waals surface area contributed by atoms with E-state index in [9.17, 15) is 13.2 Å². The number of benzene rings is 2. The van der Waals surface area contributed by atoms with Crippen molar-refractivity contribution >= 4 is 67.3 Å². The average molecular weight is 556 g/mol. The van der Waals surface area contributed by atoms with Gasteiger partial charge in [-0.25, -0.2) is 13.4 Å². The molecule has 1 amide bonds. The number of amides is 1. The number of sulfonamides is 1. The third-order valence-electron chi connectivity index (χ3n) is 5.97. The lowest BCUT2D eigenvalue weighted by molar-refractivity contribution is 0.0303. The number of fused-ring (bicyclic) bond motifs is 1. The van der Waals surface area contributed by atoms with E-state index in [2.05, 4.69) is 30.3 Å². The summed E-state index contributed by atoms with van der Waals surface area (Å²) < 4.78 is 31.3. The molecule has 3 heterocycles. The highest BCUT2D eigenvalue weighted by Crippen LogP contribution is 2.31. The first-order valence-electron chi connectivity index (χ1n) is 11.8. The molecule has 2 aromatic heterocycles. The summed E-state index contributed by atoms with van der Waals surface area (Å²) in [5.41, 5.74) is 3.79. The Labute approximate surface area is 224 Å². The van der Waals surface area contributed by atoms with Crippen LogP contribution in [0.5, 0.6) is 0 Å². The van der Waals surface area contributed by atoms with Crippen LogP contribution in [0.15, 0.2) is 48.7 Å². The van der Waals surface area contributed by atoms with Gasteiger partial charge >= 0.3 is 0 Å². The molecular weight excluding hydrogens is 530 g/mol. The fraction of sp³-hybridized carbons (Fsp3) is 0.240. The number of hydrogen-bond donors (Lipinski definition) is 4. The van der Waals surface area contributed by atoms with Crippen LogP contribution >= 0.6 is 11.6 Å². The number of nitrogens with one attached hydrogen (secondary N) is 4. The minimum Gasteiger partial charge on any atom is -0.378 e. The molecule has 11 nitrogen and oxygen atoms in total. The fourth-order valence-corrected chi connectivity index (χ4v) is 4.98. The Balaban J connectivity index is 1.38. The molecule has 1 aliphatic rings. The molecule has 0 radical (unpaired) electrons. The number of aromatic amines is 1. The van der Waals surface area contributed by atoms with Crippen LogP contribution in [-0.4, -0.2) is 66.7 Å². The summed E-state index contributed by atoms with van der Waals surface area (Å²) in [6.45, 7) is 4.11. The first-order valence-corrected chi connectivity index (χ1v) is 14.1. The summed E-state index contributed by atoms with van der Waals surface area (Å²) in [5.74, 6) is 0.556. The predicted molar refractivity (Wildman–Crippen MR) is 148 cm³/mol. The standard InChI is InChI=1S/C25H26ClN7O4S/c1-15-22(24(34)33-9-11-37-12-10-33)17-8-7-16(13-21(17)28-15)29-25-27-14-18(26)23(31-25)30-19-5-3-4-6-20(19)32-38(2,35)36/h3-8,13-14,28,32H,9-12H2,1-2H3,(H2,27,29,30,31). The number of para-hydroxylation sites is 2. The maximum absolute atomic E-state index is 13.1. The minimum atomic E-state index is -3.48. The molecule has 0 unspecified atom stereocenters. The van der Waals surface area contributed by atoms with Gasteiger partial charge in [-0.2, -0.15) is 4.98 Å². The van der Waals surface area contributed by atoms with Gasteiger partial charge in [-0.05, 0) is 37.3 Å². The number of morpholine rings is 1. The molecule has 38 heavy (non-hydrogen) atoms. The van der Waals surface area contributed by atoms with Gasteiger partial charge in [-0.15, -0.1) is 0 Å². The Morgan fingerprint density at radius 3 is 2.58 bits per heavy atom. The van der Waals surface area contributed by atoms with Gasteiger partial charge in [0.2, 0.25) is 16.0 Å². The molecule has 0 bridgehead atoms. The SMILES string of the molecule is Cc1[nH]c2cc(Nc3ncc(Cl)c(Nc4ccccc4NS(C)(=O)=O)n3)ccc2c1C(=O)N1CCOCC1. The Bertz CT molecular complexity index is 1620. The molecule has 1 fully saturated rings. The zero-order chi connectivity index (χ0) is 26.9. The third kappa shape index (κ3) is 5.67. The van der Waals surface area contributed by atoms with Crippen molar-refractivity contribution in [3.8, 4) is 0 Å². The molecule has 0 saturated carbocycles. The Morgan fingerprint density at radius 1 is 1.11 bits per heavy atom. The van der Waals surface area contributed by atoms with Crippen molar-refractivity contribution in [1.29, 1.82) is 0 Å². The fourth-order valence-electron chi connectivity index (χ4n) is 4.26. The number of halogens is 1. The van der Waals surface area contributed by atoms with Crippen molar-refractivity contribution in [3.05, 3.63) is 64.9 Å². The maximum atomic E-state index is 13.1. The highest BCUT2D eigenvalue weighted by atomic mass is 35.5. The van der Waals surface area contributed by atoms with Crippen LogP contribution < -0.4 is 15.4 Å². The molecule has 1 saturated heterocycles. The topological polar surface area (TPSA) is 141 Å². The van der Waals surface area contributed by atoms with E-state index >= 15 is 0 Å². The normalized spacial score (nSPS) is 13.9. The number of anilines is 5. The summed E-state index contributed by atoms with van der Waals surface area (Å²) >= 11 is 6.32. The van der Waals surface area contributed by atoms with Crippen LogP contribution in [0.2, 0.25) is 5.02 Å². The van der Waals surface area contributed by atoms with Gasteiger partial charge in [0.05, 0.1) is 42.6 Å². The van der Waals surface area contributed by atoms with Gasteiger partial charge in [-0.3, -0.25) is 9.52 Å². The lowest BCUT2D eigenvalue weighted by Crippen LogP contribution is -2.40. The van der Waals surface area contributed by atoms with E-state index in [1.165, 1.54) is 6.20 Å². The number of aryl methyl sites for hydroxylation is 1. The van der Waals surface area contributed by atoms with Crippen molar-refractivity contribution in [2.75, 3.05) is 47.9 Å². The highest BCUT2D eigenvalue weighted by Gasteiger charge is 2.23. The van der Waals surface area contributed by atoms with Crippen molar-refractivity contribution in [2.24, 2.45) is 0 Å². The molecule has 4 aromatic rings. The van der Waals surface area contributed by atoms with Gasteiger partial charge < -0.3 is 25.3 Å². The lowest BCUT2D eigenvalue weighted by Gasteiger charge is -2.27. The summed E-state index contributed by atoms with van der Waals surface area (Å²) in [5, 5.41) is 7.31. The van der Waals surface area contributed by atoms with Crippen LogP contribution in [0, 0.1) is 6.92 Å². The Kier molecular flexibility index (Phi) is 7.11. The predicted octanol–water partition coefficient (Wildman–Crippen LogP) is 4.25. The summed E-state index contributed by atoms with van der Waals surface area (Å²) in [7, 11) is -3.48. The monoisotopic (exact) mass is 555 g/mol. The second kappa shape index (κ2) is 10.5. The second-order valence-electron chi connectivity index (χ2n) is 8.85. The molecule has 0 aliphatic carbocycles. The number of ether oxygens (including phenoxy) is 1. The van der Waals surface area contributed by atoms with E-state index in [1.807, 2.05) is 30.0 Å². The Morgan fingerprint density at radius 2 is 1.84 bits per heavy atom. The smallest absolute Gasteiger partial charge is 0.256 e. The molecule has 0 atom stereocenters. The van der Waals surface area contributed by atoms with E-state index in [-0.39, 0.29) is 16.9 Å². The number of aromatic nitrogens is 3. The van der Waals surface area contributed by atoms with Crippen molar-refractivity contribution < 1.29 is 17.9 Å². The molecular formula is C25H26ClN7O4S. The van der Waals surface area contributed by atoms with Crippen LogP contribution in [0.25, 0.3) is 10.9 Å². The molecule has 13 heteroatoms. The van der Waals surface area contributed by atoms with E-state index in [0.717, 1.165) is 22.9 Å². The van der Waals surface area contributed by atoms with Crippen LogP contribution in [0.3, 0.4) is 0 Å². The number of nitrogens with zero attached hydrogens (tertiary/aromatic N) is 3. The van der Waals surface area contributed by atoms with Crippen LogP contribution in [0.1, 0.15) is 16.1 Å². The first kappa shape index (κ1) is 25.8. The third-order valence-corrected chi connectivity index (χ3v) is 6.84. The van der Waals surface area contributed by atoms with Gasteiger partial charge in [-0.1, -0.05) is 23.7 Å². The maximum Gasteiger partial charge on any atom is 0.256 e. The van der Waals surface area contributed by atoms with Crippen molar-refractivity contribution in [3.63, 3.8) is 0 Å². The van der Waals surface area contributed by atoms with Gasteiger partial charge in [0.1, 0.15) is 5.02 Å². The minimum absolute atomic E-state index is 0.0137. The largest absolute Gasteiger partial charge is 0.378 e. The molecule has 5 rings (SSSR count). The van der Waals surface area contributed by atoms with E-state index < -0.39 is 10.0 Å². The average Bonchev–Trinajstić information content (AvgIpc) is 3.21. The van der Waals surface area contributed by atoms with Gasteiger partial charge in [0.15, 0.2) is 5.82 Å². The van der Waals surface area contributed by atoms with E-state index in [0.29, 0.717) is 54.7 Å². The number of rotatable bonds is 7. The summed E-state index contributed by atoms with van der Waals surface area (Å²) in [6.07, 6.45) is 2.52. The van der Waals surface area contributed by atoms with Gasteiger partial charge in [0, 0.05) is 35.4 Å².